The molecular formula is C12H11BrFNO3. The van der Waals surface area contributed by atoms with E-state index in [0.29, 0.717) is 4.47 Å². The van der Waals surface area contributed by atoms with Crippen LogP contribution in [0.1, 0.15) is 6.42 Å². The van der Waals surface area contributed by atoms with Crippen LogP contribution >= 0.6 is 15.9 Å². The number of ether oxygens (including phenoxy) is 1. The molecule has 0 radical (unpaired) electrons. The molecule has 1 atom stereocenters. The van der Waals surface area contributed by atoms with Gasteiger partial charge in [0.05, 0.1) is 18.7 Å². The number of methoxy groups -OCH3 is 1. The summed E-state index contributed by atoms with van der Waals surface area (Å²) >= 11 is 3.15. The molecule has 0 saturated carbocycles. The van der Waals surface area contributed by atoms with Gasteiger partial charge in [0.2, 0.25) is 5.91 Å². The summed E-state index contributed by atoms with van der Waals surface area (Å²) in [6, 6.07) is 4.45. The monoisotopic (exact) mass is 315 g/mol. The minimum absolute atomic E-state index is 0.0577. The van der Waals surface area contributed by atoms with Crippen LogP contribution in [0, 0.1) is 11.7 Å². The SMILES string of the molecule is COC(=O)[C@@H]1CC(=O)N(c2ccc(Br)cc2F)C1. The second-order valence-corrected chi connectivity index (χ2v) is 4.94. The van der Waals surface area contributed by atoms with Gasteiger partial charge in [-0.05, 0) is 18.2 Å². The van der Waals surface area contributed by atoms with Crippen molar-refractivity contribution in [2.75, 3.05) is 18.6 Å². The van der Waals surface area contributed by atoms with Crippen LogP contribution in [0.4, 0.5) is 10.1 Å². The number of amides is 1. The molecule has 0 aromatic heterocycles. The molecule has 0 unspecified atom stereocenters. The van der Waals surface area contributed by atoms with Crippen LogP contribution in [0.25, 0.3) is 0 Å². The van der Waals surface area contributed by atoms with Crippen molar-refractivity contribution in [1.29, 1.82) is 0 Å². The molecule has 6 heteroatoms. The summed E-state index contributed by atoms with van der Waals surface area (Å²) in [4.78, 5) is 24.4. The molecule has 1 fully saturated rings. The normalized spacial score (nSPS) is 19.2. The highest BCUT2D eigenvalue weighted by Gasteiger charge is 2.36. The maximum absolute atomic E-state index is 13.7. The summed E-state index contributed by atoms with van der Waals surface area (Å²) < 4.78 is 18.9. The van der Waals surface area contributed by atoms with E-state index in [9.17, 15) is 14.0 Å². The Kier molecular flexibility index (Phi) is 3.65. The number of nitrogens with zero attached hydrogens (tertiary/aromatic N) is 1. The molecule has 4 nitrogen and oxygen atoms in total. The van der Waals surface area contributed by atoms with Crippen LogP contribution in [0.5, 0.6) is 0 Å². The number of hydrogen-bond donors (Lipinski definition) is 0. The van der Waals surface area contributed by atoms with Gasteiger partial charge in [-0.1, -0.05) is 15.9 Å². The number of halogens is 2. The van der Waals surface area contributed by atoms with Crippen LogP contribution in [-0.2, 0) is 14.3 Å². The standard InChI is InChI=1S/C12H11BrFNO3/c1-18-12(17)7-4-11(16)15(6-7)10-3-2-8(13)5-9(10)14/h2-3,5,7H,4,6H2,1H3/t7-/m1/s1. The summed E-state index contributed by atoms with van der Waals surface area (Å²) in [5.41, 5.74) is 0.189. The highest BCUT2D eigenvalue weighted by Crippen LogP contribution is 2.29. The molecule has 2 rings (SSSR count). The van der Waals surface area contributed by atoms with Gasteiger partial charge in [-0.25, -0.2) is 4.39 Å². The van der Waals surface area contributed by atoms with Crippen LogP contribution in [-0.4, -0.2) is 25.5 Å². The lowest BCUT2D eigenvalue weighted by Crippen LogP contribution is -2.27. The Morgan fingerprint density at radius 1 is 1.56 bits per heavy atom. The molecule has 1 aromatic carbocycles. The number of hydrogen-bond acceptors (Lipinski definition) is 3. The topological polar surface area (TPSA) is 46.6 Å². The van der Waals surface area contributed by atoms with Gasteiger partial charge in [-0.15, -0.1) is 0 Å². The summed E-state index contributed by atoms with van der Waals surface area (Å²) in [5, 5.41) is 0. The fraction of sp³-hybridized carbons (Fsp3) is 0.333. The maximum Gasteiger partial charge on any atom is 0.311 e. The van der Waals surface area contributed by atoms with Gasteiger partial charge in [-0.3, -0.25) is 9.59 Å². The van der Waals surface area contributed by atoms with Gasteiger partial charge >= 0.3 is 5.97 Å². The van der Waals surface area contributed by atoms with E-state index in [4.69, 9.17) is 0 Å². The van der Waals surface area contributed by atoms with Crippen molar-refractivity contribution in [2.24, 2.45) is 5.92 Å². The molecule has 1 heterocycles. The molecule has 0 aliphatic carbocycles. The maximum atomic E-state index is 13.7. The van der Waals surface area contributed by atoms with Crippen molar-refractivity contribution in [2.45, 2.75) is 6.42 Å². The molecule has 0 N–H and O–H groups in total. The van der Waals surface area contributed by atoms with E-state index < -0.39 is 17.7 Å². The Morgan fingerprint density at radius 3 is 2.89 bits per heavy atom. The highest BCUT2D eigenvalue weighted by molar-refractivity contribution is 9.10. The second kappa shape index (κ2) is 5.06. The summed E-state index contributed by atoms with van der Waals surface area (Å²) in [7, 11) is 1.27. The van der Waals surface area contributed by atoms with E-state index >= 15 is 0 Å². The molecule has 1 saturated heterocycles. The quantitative estimate of drug-likeness (QED) is 0.785. The van der Waals surface area contributed by atoms with Crippen LogP contribution < -0.4 is 4.90 Å². The fourth-order valence-corrected chi connectivity index (χ4v) is 2.30. The lowest BCUT2D eigenvalue weighted by Gasteiger charge is -2.17. The van der Waals surface area contributed by atoms with Gasteiger partial charge < -0.3 is 9.64 Å². The van der Waals surface area contributed by atoms with Crippen molar-refractivity contribution >= 4 is 33.5 Å². The zero-order valence-corrected chi connectivity index (χ0v) is 11.2. The summed E-state index contributed by atoms with van der Waals surface area (Å²) in [5.74, 6) is -1.73. The number of esters is 1. The minimum Gasteiger partial charge on any atom is -0.469 e. The van der Waals surface area contributed by atoms with Gasteiger partial charge in [0, 0.05) is 17.4 Å². The average Bonchev–Trinajstić information content (AvgIpc) is 2.70. The first kappa shape index (κ1) is 13.0. The Bertz CT molecular complexity index is 506. The van der Waals surface area contributed by atoms with Crippen LogP contribution in [0.2, 0.25) is 0 Å². The first-order valence-corrected chi connectivity index (χ1v) is 6.15. The number of benzene rings is 1. The third-order valence-corrected chi connectivity index (χ3v) is 3.35. The lowest BCUT2D eigenvalue weighted by atomic mass is 10.1. The van der Waals surface area contributed by atoms with E-state index in [1.807, 2.05) is 0 Å². The summed E-state index contributed by atoms with van der Waals surface area (Å²) in [6.45, 7) is 0.157. The average molecular weight is 316 g/mol. The molecule has 1 aliphatic rings. The Hall–Kier alpha value is -1.43. The molecule has 1 aliphatic heterocycles. The third-order valence-electron chi connectivity index (χ3n) is 2.86. The number of rotatable bonds is 2. The molecule has 1 amide bonds. The Labute approximate surface area is 112 Å². The van der Waals surface area contributed by atoms with Gasteiger partial charge in [0.15, 0.2) is 0 Å². The van der Waals surface area contributed by atoms with Crippen molar-refractivity contribution in [3.05, 3.63) is 28.5 Å². The number of carbonyl (C=O) groups is 2. The zero-order valence-electron chi connectivity index (χ0n) is 9.65. The van der Waals surface area contributed by atoms with Crippen molar-refractivity contribution < 1.29 is 18.7 Å². The molecule has 96 valence electrons. The molecule has 0 bridgehead atoms. The third kappa shape index (κ3) is 2.38. The predicted octanol–water partition coefficient (Wildman–Crippen LogP) is 2.11. The molecular weight excluding hydrogens is 305 g/mol. The van der Waals surface area contributed by atoms with Crippen molar-refractivity contribution in [3.8, 4) is 0 Å². The molecule has 0 spiro atoms. The number of anilines is 1. The van der Waals surface area contributed by atoms with Crippen molar-refractivity contribution in [1.82, 2.24) is 0 Å². The molecule has 18 heavy (non-hydrogen) atoms. The van der Waals surface area contributed by atoms with E-state index in [2.05, 4.69) is 20.7 Å². The second-order valence-electron chi connectivity index (χ2n) is 4.02. The van der Waals surface area contributed by atoms with E-state index in [1.54, 1.807) is 6.07 Å². The lowest BCUT2D eigenvalue weighted by molar-refractivity contribution is -0.145. The predicted molar refractivity (Wildman–Crippen MR) is 66.6 cm³/mol. The highest BCUT2D eigenvalue weighted by atomic mass is 79.9. The van der Waals surface area contributed by atoms with Gasteiger partial charge in [0.1, 0.15) is 5.82 Å². The number of carbonyl (C=O) groups excluding carboxylic acids is 2. The van der Waals surface area contributed by atoms with Crippen molar-refractivity contribution in [3.63, 3.8) is 0 Å². The zero-order chi connectivity index (χ0) is 13.3. The largest absolute Gasteiger partial charge is 0.469 e. The first-order valence-electron chi connectivity index (χ1n) is 5.36. The Balaban J connectivity index is 2.24. The van der Waals surface area contributed by atoms with Gasteiger partial charge in [-0.2, -0.15) is 0 Å². The summed E-state index contributed by atoms with van der Waals surface area (Å²) in [6.07, 6.45) is 0.0577. The van der Waals surface area contributed by atoms with E-state index in [1.165, 1.54) is 24.1 Å². The van der Waals surface area contributed by atoms with E-state index in [-0.39, 0.29) is 24.6 Å². The van der Waals surface area contributed by atoms with Gasteiger partial charge in [0.25, 0.3) is 0 Å². The van der Waals surface area contributed by atoms with E-state index in [0.717, 1.165) is 0 Å². The minimum atomic E-state index is -0.523. The smallest absolute Gasteiger partial charge is 0.311 e. The first-order chi connectivity index (χ1) is 8.52. The van der Waals surface area contributed by atoms with Crippen LogP contribution in [0.3, 0.4) is 0 Å². The Morgan fingerprint density at radius 2 is 2.28 bits per heavy atom. The molecule has 1 aromatic rings. The fourth-order valence-electron chi connectivity index (χ4n) is 1.97. The van der Waals surface area contributed by atoms with Crippen LogP contribution in [0.15, 0.2) is 22.7 Å².